The third kappa shape index (κ3) is 8.48. The van der Waals surface area contributed by atoms with E-state index in [1.54, 1.807) is 0 Å². The lowest BCUT2D eigenvalue weighted by Crippen LogP contribution is -2.51. The number of rotatable bonds is 13. The summed E-state index contributed by atoms with van der Waals surface area (Å²) in [5, 5.41) is 0. The Morgan fingerprint density at radius 3 is 2.26 bits per heavy atom. The Morgan fingerprint density at radius 2 is 1.66 bits per heavy atom. The molecule has 1 heterocycles. The number of hydrogen-bond donors (Lipinski definition) is 0. The summed E-state index contributed by atoms with van der Waals surface area (Å²) in [4.78, 5) is 35.1. The van der Waals surface area contributed by atoms with E-state index in [1.807, 2.05) is 62.4 Å². The zero-order valence-electron chi connectivity index (χ0n) is 30.2. The molecule has 256 valence electrons. The highest BCUT2D eigenvalue weighted by molar-refractivity contribution is 6.46. The SMILES string of the molecule is CC(C)CCCOc1cccc(C2=NC3(CCC(C4(C)CC4)CC3)N([C@H](CCC(C)(C)C)c3ccc(C(=O)OC(C)C)cc3)C2=O)c1. The molecule has 1 aliphatic heterocycles. The Hall–Kier alpha value is -3.15. The van der Waals surface area contributed by atoms with Gasteiger partial charge in [-0.05, 0) is 131 Å². The van der Waals surface area contributed by atoms with Crippen molar-refractivity contribution in [3.63, 3.8) is 0 Å². The molecule has 2 aliphatic carbocycles. The summed E-state index contributed by atoms with van der Waals surface area (Å²) >= 11 is 0. The molecule has 6 heteroatoms. The van der Waals surface area contributed by atoms with Gasteiger partial charge in [0.05, 0.1) is 24.3 Å². The number of nitrogens with zero attached hydrogens (tertiary/aromatic N) is 2. The standard InChI is InChI=1S/C41H58N2O4/c1-28(2)11-10-26-46-34-13-9-12-32(27-34)36-37(44)43(41(42-36)22-18-33(19-23-41)40(8)24-25-40)35(20-21-39(5,6)7)30-14-16-31(17-15-30)38(45)47-29(3)4/h9,12-17,27-29,33,35H,10-11,18-26H2,1-8H3/t33?,35-,41?/m1/s1. The Balaban J connectivity index is 1.49. The summed E-state index contributed by atoms with van der Waals surface area (Å²) in [5.74, 6) is 1.79. The molecule has 1 amide bonds. The highest BCUT2D eigenvalue weighted by Crippen LogP contribution is 2.58. The van der Waals surface area contributed by atoms with E-state index in [2.05, 4.69) is 46.4 Å². The lowest BCUT2D eigenvalue weighted by Gasteiger charge is -2.46. The molecule has 1 atom stereocenters. The molecule has 0 aromatic heterocycles. The van der Waals surface area contributed by atoms with Crippen LogP contribution in [0.15, 0.2) is 53.5 Å². The van der Waals surface area contributed by atoms with E-state index in [0.717, 1.165) is 68.2 Å². The predicted molar refractivity (Wildman–Crippen MR) is 190 cm³/mol. The third-order valence-corrected chi connectivity index (χ3v) is 10.7. The minimum Gasteiger partial charge on any atom is -0.494 e. The van der Waals surface area contributed by atoms with Crippen molar-refractivity contribution in [2.24, 2.45) is 27.7 Å². The lowest BCUT2D eigenvalue weighted by atomic mass is 9.73. The number of aliphatic imine (C=N–C) groups is 1. The van der Waals surface area contributed by atoms with Crippen molar-refractivity contribution in [3.8, 4) is 5.75 Å². The van der Waals surface area contributed by atoms with Crippen molar-refractivity contribution in [2.45, 2.75) is 137 Å². The van der Waals surface area contributed by atoms with E-state index in [0.29, 0.717) is 35.1 Å². The number of carbonyl (C=O) groups excluding carboxylic acids is 2. The number of hydrogen-bond acceptors (Lipinski definition) is 5. The molecule has 2 saturated carbocycles. The molecule has 47 heavy (non-hydrogen) atoms. The fourth-order valence-corrected chi connectivity index (χ4v) is 7.52. The molecule has 3 aliphatic rings. The average Bonchev–Trinajstić information content (AvgIpc) is 3.71. The van der Waals surface area contributed by atoms with Gasteiger partial charge in [0.1, 0.15) is 17.1 Å². The van der Waals surface area contributed by atoms with Gasteiger partial charge in [-0.1, -0.05) is 65.8 Å². The predicted octanol–water partition coefficient (Wildman–Crippen LogP) is 9.95. The Bertz CT molecular complexity index is 1420. The van der Waals surface area contributed by atoms with Crippen molar-refractivity contribution in [1.82, 2.24) is 4.90 Å². The first-order valence-electron chi connectivity index (χ1n) is 18.2. The smallest absolute Gasteiger partial charge is 0.338 e. The Kier molecular flexibility index (Phi) is 10.6. The number of ether oxygens (including phenoxy) is 2. The van der Waals surface area contributed by atoms with Gasteiger partial charge in [0.25, 0.3) is 5.91 Å². The molecule has 6 nitrogen and oxygen atoms in total. The van der Waals surface area contributed by atoms with Crippen molar-refractivity contribution in [3.05, 3.63) is 65.2 Å². The van der Waals surface area contributed by atoms with Crippen LogP contribution < -0.4 is 4.74 Å². The molecular formula is C41H58N2O4. The first-order chi connectivity index (χ1) is 22.2. The highest BCUT2D eigenvalue weighted by atomic mass is 16.5. The summed E-state index contributed by atoms with van der Waals surface area (Å²) in [7, 11) is 0. The highest BCUT2D eigenvalue weighted by Gasteiger charge is 2.55. The van der Waals surface area contributed by atoms with Gasteiger partial charge >= 0.3 is 5.97 Å². The summed E-state index contributed by atoms with van der Waals surface area (Å²) < 4.78 is 11.6. The van der Waals surface area contributed by atoms with E-state index < -0.39 is 5.66 Å². The minimum atomic E-state index is -0.583. The second-order valence-electron chi connectivity index (χ2n) is 16.6. The normalized spacial score (nSPS) is 22.9. The van der Waals surface area contributed by atoms with Crippen LogP contribution in [0.2, 0.25) is 0 Å². The van der Waals surface area contributed by atoms with Crippen molar-refractivity contribution >= 4 is 17.6 Å². The van der Waals surface area contributed by atoms with Gasteiger partial charge in [0.15, 0.2) is 0 Å². The monoisotopic (exact) mass is 642 g/mol. The minimum absolute atomic E-state index is 0.000227. The summed E-state index contributed by atoms with van der Waals surface area (Å²) in [5.41, 5.74) is 2.91. The van der Waals surface area contributed by atoms with Crippen molar-refractivity contribution < 1.29 is 19.1 Å². The fourth-order valence-electron chi connectivity index (χ4n) is 7.52. The molecule has 2 aromatic carbocycles. The molecule has 1 spiro atoms. The maximum Gasteiger partial charge on any atom is 0.338 e. The van der Waals surface area contributed by atoms with Crippen LogP contribution >= 0.6 is 0 Å². The topological polar surface area (TPSA) is 68.2 Å². The number of esters is 1. The van der Waals surface area contributed by atoms with Gasteiger partial charge < -0.3 is 14.4 Å². The molecule has 0 bridgehead atoms. The quantitative estimate of drug-likeness (QED) is 0.161. The number of amides is 1. The molecule has 2 fully saturated rings. The van der Waals surface area contributed by atoms with E-state index in [1.165, 1.54) is 12.8 Å². The van der Waals surface area contributed by atoms with Crippen LogP contribution in [0.4, 0.5) is 0 Å². The largest absolute Gasteiger partial charge is 0.494 e. The first kappa shape index (κ1) is 35.2. The van der Waals surface area contributed by atoms with Crippen molar-refractivity contribution in [1.29, 1.82) is 0 Å². The van der Waals surface area contributed by atoms with Crippen LogP contribution in [-0.2, 0) is 9.53 Å². The van der Waals surface area contributed by atoms with E-state index in [-0.39, 0.29) is 29.4 Å². The van der Waals surface area contributed by atoms with Gasteiger partial charge in [-0.25, -0.2) is 4.79 Å². The molecular weight excluding hydrogens is 584 g/mol. The second-order valence-corrected chi connectivity index (χ2v) is 16.6. The van der Waals surface area contributed by atoms with Gasteiger partial charge in [-0.2, -0.15) is 0 Å². The van der Waals surface area contributed by atoms with Crippen LogP contribution in [0.3, 0.4) is 0 Å². The molecule has 0 saturated heterocycles. The molecule has 5 rings (SSSR count). The second kappa shape index (κ2) is 14.1. The third-order valence-electron chi connectivity index (χ3n) is 10.7. The molecule has 0 unspecified atom stereocenters. The maximum absolute atomic E-state index is 14.8. The van der Waals surface area contributed by atoms with Gasteiger partial charge in [-0.3, -0.25) is 9.79 Å². The van der Waals surface area contributed by atoms with Gasteiger partial charge in [0, 0.05) is 5.56 Å². The molecule has 2 aromatic rings. The number of carbonyl (C=O) groups is 2. The Labute approximate surface area is 283 Å². The van der Waals surface area contributed by atoms with E-state index >= 15 is 0 Å². The zero-order valence-corrected chi connectivity index (χ0v) is 30.2. The summed E-state index contributed by atoms with van der Waals surface area (Å²) in [6, 6.07) is 15.5. The van der Waals surface area contributed by atoms with Crippen LogP contribution in [-0.4, -0.2) is 40.9 Å². The van der Waals surface area contributed by atoms with E-state index in [9.17, 15) is 9.59 Å². The van der Waals surface area contributed by atoms with Crippen LogP contribution in [0.1, 0.15) is 147 Å². The van der Waals surface area contributed by atoms with Crippen LogP contribution in [0.5, 0.6) is 5.75 Å². The average molecular weight is 643 g/mol. The van der Waals surface area contributed by atoms with Crippen molar-refractivity contribution in [2.75, 3.05) is 6.61 Å². The first-order valence-corrected chi connectivity index (χ1v) is 18.2. The van der Waals surface area contributed by atoms with Gasteiger partial charge in [0.2, 0.25) is 0 Å². The maximum atomic E-state index is 14.8. The van der Waals surface area contributed by atoms with E-state index in [4.69, 9.17) is 14.5 Å². The molecule has 0 radical (unpaired) electrons. The zero-order chi connectivity index (χ0) is 34.0. The Morgan fingerprint density at radius 1 is 0.979 bits per heavy atom. The lowest BCUT2D eigenvalue weighted by molar-refractivity contribution is -0.133. The number of benzene rings is 2. The van der Waals surface area contributed by atoms with Crippen LogP contribution in [0.25, 0.3) is 0 Å². The fraction of sp³-hybridized carbons (Fsp3) is 0.634. The van der Waals surface area contributed by atoms with Gasteiger partial charge in [-0.15, -0.1) is 0 Å². The van der Waals surface area contributed by atoms with Crippen LogP contribution in [0, 0.1) is 22.7 Å². The molecule has 0 N–H and O–H groups in total. The summed E-state index contributed by atoms with van der Waals surface area (Å²) in [6.45, 7) is 18.0. The summed E-state index contributed by atoms with van der Waals surface area (Å²) in [6.07, 6.45) is 10.2.